The van der Waals surface area contributed by atoms with Crippen LogP contribution in [0.25, 0.3) is 0 Å². The van der Waals surface area contributed by atoms with Crippen LogP contribution in [0.15, 0.2) is 18.2 Å². The van der Waals surface area contributed by atoms with Crippen molar-refractivity contribution in [3.63, 3.8) is 0 Å². The predicted molar refractivity (Wildman–Crippen MR) is 74.9 cm³/mol. The molecule has 1 fully saturated rings. The third kappa shape index (κ3) is 3.16. The van der Waals surface area contributed by atoms with Gasteiger partial charge in [-0.2, -0.15) is 5.26 Å². The number of rotatable bonds is 3. The van der Waals surface area contributed by atoms with Crippen molar-refractivity contribution < 1.29 is 0 Å². The molecule has 18 heavy (non-hydrogen) atoms. The third-order valence-corrected chi connectivity index (χ3v) is 3.82. The first-order valence-corrected chi connectivity index (χ1v) is 6.79. The van der Waals surface area contributed by atoms with Crippen LogP contribution in [0.5, 0.6) is 0 Å². The molecule has 4 heteroatoms. The van der Waals surface area contributed by atoms with Gasteiger partial charge in [0.15, 0.2) is 0 Å². The summed E-state index contributed by atoms with van der Waals surface area (Å²) in [4.78, 5) is 2.45. The number of benzene rings is 1. The van der Waals surface area contributed by atoms with Crippen LogP contribution in [0, 0.1) is 11.3 Å². The number of nitriles is 1. The van der Waals surface area contributed by atoms with Crippen molar-refractivity contribution in [2.24, 2.45) is 0 Å². The Morgan fingerprint density at radius 1 is 1.44 bits per heavy atom. The van der Waals surface area contributed by atoms with E-state index in [9.17, 15) is 0 Å². The van der Waals surface area contributed by atoms with Gasteiger partial charge in [-0.15, -0.1) is 0 Å². The largest absolute Gasteiger partial charge is 0.381 e. The number of likely N-dealkylation sites (tertiary alicyclic amines) is 1. The fourth-order valence-corrected chi connectivity index (χ4v) is 2.49. The fourth-order valence-electron chi connectivity index (χ4n) is 2.32. The van der Waals surface area contributed by atoms with E-state index in [1.807, 2.05) is 6.07 Å². The van der Waals surface area contributed by atoms with E-state index in [-0.39, 0.29) is 0 Å². The molecule has 0 aromatic heterocycles. The van der Waals surface area contributed by atoms with Gasteiger partial charge in [0.2, 0.25) is 0 Å². The molecule has 1 saturated heterocycles. The standard InChI is InChI=1S/C14H18ClN3/c1-2-18-7-5-12(6-8-18)17-14-9-11(10-16)3-4-13(14)15/h3-4,9,12,17H,2,5-8H2,1H3. The quantitative estimate of drug-likeness (QED) is 0.911. The highest BCUT2D eigenvalue weighted by molar-refractivity contribution is 6.33. The molecule has 3 nitrogen and oxygen atoms in total. The van der Waals surface area contributed by atoms with E-state index >= 15 is 0 Å². The van der Waals surface area contributed by atoms with Gasteiger partial charge >= 0.3 is 0 Å². The van der Waals surface area contributed by atoms with Gasteiger partial charge in [0.25, 0.3) is 0 Å². The SMILES string of the molecule is CCN1CCC(Nc2cc(C#N)ccc2Cl)CC1. The number of hydrogen-bond donors (Lipinski definition) is 1. The Hall–Kier alpha value is -1.24. The topological polar surface area (TPSA) is 39.1 Å². The summed E-state index contributed by atoms with van der Waals surface area (Å²) < 4.78 is 0. The molecular weight excluding hydrogens is 246 g/mol. The smallest absolute Gasteiger partial charge is 0.0992 e. The van der Waals surface area contributed by atoms with Crippen molar-refractivity contribution in [3.8, 4) is 6.07 Å². The van der Waals surface area contributed by atoms with E-state index < -0.39 is 0 Å². The van der Waals surface area contributed by atoms with Crippen LogP contribution in [-0.2, 0) is 0 Å². The molecule has 0 aliphatic carbocycles. The van der Waals surface area contributed by atoms with Crippen LogP contribution in [0.4, 0.5) is 5.69 Å². The van der Waals surface area contributed by atoms with E-state index in [2.05, 4.69) is 23.2 Å². The van der Waals surface area contributed by atoms with E-state index in [1.165, 1.54) is 0 Å². The lowest BCUT2D eigenvalue weighted by Crippen LogP contribution is -2.38. The number of piperidine rings is 1. The molecule has 1 N–H and O–H groups in total. The van der Waals surface area contributed by atoms with Crippen molar-refractivity contribution in [2.75, 3.05) is 25.0 Å². The number of nitrogens with one attached hydrogen (secondary N) is 1. The Morgan fingerprint density at radius 2 is 2.17 bits per heavy atom. The summed E-state index contributed by atoms with van der Waals surface area (Å²) in [5.41, 5.74) is 1.53. The maximum atomic E-state index is 8.90. The van der Waals surface area contributed by atoms with Crippen molar-refractivity contribution >= 4 is 17.3 Å². The zero-order valence-electron chi connectivity index (χ0n) is 10.6. The van der Waals surface area contributed by atoms with E-state index in [0.717, 1.165) is 38.2 Å². The average molecular weight is 264 g/mol. The summed E-state index contributed by atoms with van der Waals surface area (Å²) >= 11 is 6.15. The minimum Gasteiger partial charge on any atom is -0.381 e. The van der Waals surface area contributed by atoms with Gasteiger partial charge in [0, 0.05) is 19.1 Å². The van der Waals surface area contributed by atoms with Crippen LogP contribution >= 0.6 is 11.6 Å². The third-order valence-electron chi connectivity index (χ3n) is 3.49. The van der Waals surface area contributed by atoms with Gasteiger partial charge in [0.1, 0.15) is 0 Å². The molecule has 0 radical (unpaired) electrons. The molecule has 1 aliphatic rings. The Balaban J connectivity index is 2.00. The molecule has 0 spiro atoms. The van der Waals surface area contributed by atoms with Gasteiger partial charge < -0.3 is 10.2 Å². The summed E-state index contributed by atoms with van der Waals surface area (Å²) in [6.07, 6.45) is 2.25. The Morgan fingerprint density at radius 3 is 2.78 bits per heavy atom. The Kier molecular flexibility index (Phi) is 4.46. The summed E-state index contributed by atoms with van der Waals surface area (Å²) in [5.74, 6) is 0. The summed E-state index contributed by atoms with van der Waals surface area (Å²) in [6, 6.07) is 7.95. The van der Waals surface area contributed by atoms with Crippen LogP contribution in [0.1, 0.15) is 25.3 Å². The van der Waals surface area contributed by atoms with Gasteiger partial charge in [-0.05, 0) is 37.6 Å². The van der Waals surface area contributed by atoms with Gasteiger partial charge in [-0.3, -0.25) is 0 Å². The molecule has 0 amide bonds. The van der Waals surface area contributed by atoms with Crippen LogP contribution < -0.4 is 5.32 Å². The maximum Gasteiger partial charge on any atom is 0.0992 e. The molecule has 1 aromatic carbocycles. The lowest BCUT2D eigenvalue weighted by atomic mass is 10.0. The van der Waals surface area contributed by atoms with Crippen LogP contribution in [0.2, 0.25) is 5.02 Å². The Bertz CT molecular complexity index is 445. The normalized spacial score (nSPS) is 17.4. The van der Waals surface area contributed by atoms with Crippen LogP contribution in [-0.4, -0.2) is 30.6 Å². The van der Waals surface area contributed by atoms with E-state index in [4.69, 9.17) is 16.9 Å². The number of anilines is 1. The highest BCUT2D eigenvalue weighted by atomic mass is 35.5. The molecular formula is C14H18ClN3. The second-order valence-electron chi connectivity index (χ2n) is 4.66. The minimum atomic E-state index is 0.458. The summed E-state index contributed by atoms with van der Waals surface area (Å²) in [5, 5.41) is 13.0. The molecule has 0 atom stereocenters. The molecule has 2 rings (SSSR count). The van der Waals surface area contributed by atoms with Crippen molar-refractivity contribution in [3.05, 3.63) is 28.8 Å². The van der Waals surface area contributed by atoms with Crippen molar-refractivity contribution in [2.45, 2.75) is 25.8 Å². The highest BCUT2D eigenvalue weighted by Gasteiger charge is 2.18. The molecule has 96 valence electrons. The van der Waals surface area contributed by atoms with Gasteiger partial charge in [-0.1, -0.05) is 18.5 Å². The molecule has 0 unspecified atom stereocenters. The number of hydrogen-bond acceptors (Lipinski definition) is 3. The summed E-state index contributed by atoms with van der Waals surface area (Å²) in [7, 11) is 0. The van der Waals surface area contributed by atoms with E-state index in [0.29, 0.717) is 16.6 Å². The second kappa shape index (κ2) is 6.08. The zero-order valence-corrected chi connectivity index (χ0v) is 11.4. The second-order valence-corrected chi connectivity index (χ2v) is 5.07. The molecule has 0 bridgehead atoms. The Labute approximate surface area is 113 Å². The van der Waals surface area contributed by atoms with Crippen molar-refractivity contribution in [1.82, 2.24) is 4.90 Å². The predicted octanol–water partition coefficient (Wildman–Crippen LogP) is 3.11. The van der Waals surface area contributed by atoms with Gasteiger partial charge in [-0.25, -0.2) is 0 Å². The number of nitrogens with zero attached hydrogens (tertiary/aromatic N) is 2. The first kappa shape index (κ1) is 13.2. The maximum absolute atomic E-state index is 8.90. The van der Waals surface area contributed by atoms with Crippen molar-refractivity contribution in [1.29, 1.82) is 5.26 Å². The van der Waals surface area contributed by atoms with Crippen LogP contribution in [0.3, 0.4) is 0 Å². The van der Waals surface area contributed by atoms with E-state index in [1.54, 1.807) is 12.1 Å². The molecule has 1 heterocycles. The fraction of sp³-hybridized carbons (Fsp3) is 0.500. The monoisotopic (exact) mass is 263 g/mol. The number of halogens is 1. The molecule has 1 aromatic rings. The lowest BCUT2D eigenvalue weighted by molar-refractivity contribution is 0.229. The molecule has 1 aliphatic heterocycles. The minimum absolute atomic E-state index is 0.458. The first-order valence-electron chi connectivity index (χ1n) is 6.41. The highest BCUT2D eigenvalue weighted by Crippen LogP contribution is 2.25. The average Bonchev–Trinajstić information content (AvgIpc) is 2.42. The lowest BCUT2D eigenvalue weighted by Gasteiger charge is -2.32. The first-order chi connectivity index (χ1) is 8.72. The summed E-state index contributed by atoms with van der Waals surface area (Å²) in [6.45, 7) is 5.58. The molecule has 0 saturated carbocycles. The zero-order chi connectivity index (χ0) is 13.0. The van der Waals surface area contributed by atoms with Gasteiger partial charge in [0.05, 0.1) is 22.3 Å².